The van der Waals surface area contributed by atoms with E-state index in [-0.39, 0.29) is 12.0 Å². The molecular formula is C13H18ClNO2. The van der Waals surface area contributed by atoms with Crippen LogP contribution in [0, 0.1) is 0 Å². The topological polar surface area (TPSA) is 38.3 Å². The Labute approximate surface area is 107 Å². The van der Waals surface area contributed by atoms with Crippen LogP contribution < -0.4 is 5.32 Å². The molecule has 0 fully saturated rings. The lowest BCUT2D eigenvalue weighted by atomic mass is 10.2. The minimum Gasteiger partial charge on any atom is -0.466 e. The number of benzene rings is 1. The molecule has 4 heteroatoms. The van der Waals surface area contributed by atoms with E-state index < -0.39 is 0 Å². The fraction of sp³-hybridized carbons (Fsp3) is 0.462. The highest BCUT2D eigenvalue weighted by Gasteiger charge is 2.08. The fourth-order valence-corrected chi connectivity index (χ4v) is 1.56. The van der Waals surface area contributed by atoms with E-state index in [4.69, 9.17) is 16.3 Å². The van der Waals surface area contributed by atoms with Gasteiger partial charge in [-0.05, 0) is 31.5 Å². The number of ether oxygens (including phenoxy) is 1. The molecular weight excluding hydrogens is 238 g/mol. The third-order valence-corrected chi connectivity index (χ3v) is 2.60. The third kappa shape index (κ3) is 5.71. The van der Waals surface area contributed by atoms with E-state index >= 15 is 0 Å². The van der Waals surface area contributed by atoms with Crippen molar-refractivity contribution in [3.63, 3.8) is 0 Å². The van der Waals surface area contributed by atoms with Crippen molar-refractivity contribution in [3.05, 3.63) is 34.9 Å². The van der Waals surface area contributed by atoms with E-state index in [9.17, 15) is 4.79 Å². The van der Waals surface area contributed by atoms with Crippen molar-refractivity contribution >= 4 is 17.6 Å². The lowest BCUT2D eigenvalue weighted by molar-refractivity contribution is -0.143. The van der Waals surface area contributed by atoms with Crippen molar-refractivity contribution in [1.29, 1.82) is 0 Å². The van der Waals surface area contributed by atoms with Crippen LogP contribution in [0.15, 0.2) is 24.3 Å². The minimum absolute atomic E-state index is 0.102. The van der Waals surface area contributed by atoms with Gasteiger partial charge >= 0.3 is 5.97 Å². The zero-order valence-corrected chi connectivity index (χ0v) is 11.0. The zero-order valence-electron chi connectivity index (χ0n) is 10.2. The molecule has 1 atom stereocenters. The van der Waals surface area contributed by atoms with Crippen LogP contribution >= 0.6 is 11.6 Å². The molecule has 1 rings (SSSR count). The quantitative estimate of drug-likeness (QED) is 0.795. The van der Waals surface area contributed by atoms with Gasteiger partial charge in [-0.2, -0.15) is 0 Å². The molecule has 1 unspecified atom stereocenters. The molecule has 3 nitrogen and oxygen atoms in total. The van der Waals surface area contributed by atoms with Crippen molar-refractivity contribution in [2.75, 3.05) is 6.61 Å². The van der Waals surface area contributed by atoms with E-state index in [1.165, 1.54) is 0 Å². The van der Waals surface area contributed by atoms with E-state index in [0.717, 1.165) is 17.1 Å². The molecule has 0 heterocycles. The Bertz CT molecular complexity index is 351. The molecule has 1 aromatic carbocycles. The van der Waals surface area contributed by atoms with Crippen LogP contribution in [-0.4, -0.2) is 18.6 Å². The van der Waals surface area contributed by atoms with Gasteiger partial charge in [0.15, 0.2) is 0 Å². The normalized spacial score (nSPS) is 12.2. The second-order valence-corrected chi connectivity index (χ2v) is 4.35. The number of esters is 1. The van der Waals surface area contributed by atoms with Crippen LogP contribution in [0.2, 0.25) is 5.02 Å². The van der Waals surface area contributed by atoms with Gasteiger partial charge in [0.05, 0.1) is 13.0 Å². The van der Waals surface area contributed by atoms with Crippen molar-refractivity contribution in [2.24, 2.45) is 0 Å². The second-order valence-electron chi connectivity index (χ2n) is 3.92. The first-order valence-electron chi connectivity index (χ1n) is 5.75. The van der Waals surface area contributed by atoms with Crippen molar-refractivity contribution < 1.29 is 9.53 Å². The Kier molecular flexibility index (Phi) is 6.01. The number of carbonyl (C=O) groups excluding carboxylic acids is 1. The molecule has 0 aliphatic heterocycles. The van der Waals surface area contributed by atoms with Crippen molar-refractivity contribution in [1.82, 2.24) is 5.32 Å². The molecule has 17 heavy (non-hydrogen) atoms. The first-order valence-corrected chi connectivity index (χ1v) is 6.13. The summed E-state index contributed by atoms with van der Waals surface area (Å²) < 4.78 is 4.88. The Morgan fingerprint density at radius 3 is 2.65 bits per heavy atom. The summed E-state index contributed by atoms with van der Waals surface area (Å²) in [5, 5.41) is 3.99. The monoisotopic (exact) mass is 255 g/mol. The number of carbonyl (C=O) groups is 1. The summed E-state index contributed by atoms with van der Waals surface area (Å²) in [6.07, 6.45) is 0.390. The van der Waals surface area contributed by atoms with Gasteiger partial charge in [0.25, 0.3) is 0 Å². The predicted molar refractivity (Wildman–Crippen MR) is 69.0 cm³/mol. The number of hydrogen-bond donors (Lipinski definition) is 1. The predicted octanol–water partition coefficient (Wildman–Crippen LogP) is 2.77. The minimum atomic E-state index is -0.163. The lowest BCUT2D eigenvalue weighted by Crippen LogP contribution is -2.28. The maximum Gasteiger partial charge on any atom is 0.307 e. The SMILES string of the molecule is CCOC(=O)CC(C)NCc1ccc(Cl)cc1. The van der Waals surface area contributed by atoms with Crippen LogP contribution in [0.25, 0.3) is 0 Å². The smallest absolute Gasteiger partial charge is 0.307 e. The molecule has 1 aromatic rings. The zero-order chi connectivity index (χ0) is 12.7. The van der Waals surface area contributed by atoms with Gasteiger partial charge in [0, 0.05) is 17.6 Å². The maximum absolute atomic E-state index is 11.2. The summed E-state index contributed by atoms with van der Waals surface area (Å²) in [4.78, 5) is 11.2. The number of nitrogens with one attached hydrogen (secondary N) is 1. The van der Waals surface area contributed by atoms with E-state index in [1.54, 1.807) is 0 Å². The summed E-state index contributed by atoms with van der Waals surface area (Å²) in [6, 6.07) is 7.74. The van der Waals surface area contributed by atoms with Crippen LogP contribution in [0.5, 0.6) is 0 Å². The first kappa shape index (κ1) is 14.0. The number of halogens is 1. The molecule has 0 aromatic heterocycles. The van der Waals surface area contributed by atoms with Crippen molar-refractivity contribution in [3.8, 4) is 0 Å². The molecule has 1 N–H and O–H groups in total. The molecule has 0 saturated carbocycles. The first-order chi connectivity index (χ1) is 8.11. The fourth-order valence-electron chi connectivity index (χ4n) is 1.44. The summed E-state index contributed by atoms with van der Waals surface area (Å²) >= 11 is 5.80. The van der Waals surface area contributed by atoms with Gasteiger partial charge in [-0.1, -0.05) is 23.7 Å². The molecule has 0 bridgehead atoms. The van der Waals surface area contributed by atoms with Crippen LogP contribution in [-0.2, 0) is 16.1 Å². The number of rotatable bonds is 6. The molecule has 0 aliphatic rings. The van der Waals surface area contributed by atoms with Gasteiger partial charge in [-0.3, -0.25) is 4.79 Å². The second kappa shape index (κ2) is 7.30. The number of hydrogen-bond acceptors (Lipinski definition) is 3. The lowest BCUT2D eigenvalue weighted by Gasteiger charge is -2.12. The molecule has 94 valence electrons. The van der Waals surface area contributed by atoms with Crippen LogP contribution in [0.4, 0.5) is 0 Å². The van der Waals surface area contributed by atoms with Crippen LogP contribution in [0.3, 0.4) is 0 Å². The standard InChI is InChI=1S/C13H18ClNO2/c1-3-17-13(16)8-10(2)15-9-11-4-6-12(14)7-5-11/h4-7,10,15H,3,8-9H2,1-2H3. The Morgan fingerprint density at radius 2 is 2.06 bits per heavy atom. The molecule has 0 radical (unpaired) electrons. The largest absolute Gasteiger partial charge is 0.466 e. The molecule has 0 amide bonds. The van der Waals surface area contributed by atoms with Crippen LogP contribution in [0.1, 0.15) is 25.8 Å². The van der Waals surface area contributed by atoms with E-state index in [0.29, 0.717) is 13.0 Å². The summed E-state index contributed by atoms with van der Waals surface area (Å²) in [7, 11) is 0. The Hall–Kier alpha value is -1.06. The van der Waals surface area contributed by atoms with Gasteiger partial charge in [-0.15, -0.1) is 0 Å². The average Bonchev–Trinajstić information content (AvgIpc) is 2.28. The molecule has 0 aliphatic carbocycles. The maximum atomic E-state index is 11.2. The highest BCUT2D eigenvalue weighted by atomic mass is 35.5. The van der Waals surface area contributed by atoms with Gasteiger partial charge < -0.3 is 10.1 Å². The summed E-state index contributed by atoms with van der Waals surface area (Å²) in [5.41, 5.74) is 1.14. The third-order valence-electron chi connectivity index (χ3n) is 2.35. The Balaban J connectivity index is 2.30. The highest BCUT2D eigenvalue weighted by molar-refractivity contribution is 6.30. The molecule has 0 spiro atoms. The van der Waals surface area contributed by atoms with E-state index in [2.05, 4.69) is 5.32 Å². The van der Waals surface area contributed by atoms with Gasteiger partial charge in [0.1, 0.15) is 0 Å². The molecule has 0 saturated heterocycles. The van der Waals surface area contributed by atoms with E-state index in [1.807, 2.05) is 38.1 Å². The highest BCUT2D eigenvalue weighted by Crippen LogP contribution is 2.09. The van der Waals surface area contributed by atoms with Gasteiger partial charge in [0.2, 0.25) is 0 Å². The summed E-state index contributed by atoms with van der Waals surface area (Å²) in [5.74, 6) is -0.163. The summed E-state index contributed by atoms with van der Waals surface area (Å²) in [6.45, 7) is 4.93. The van der Waals surface area contributed by atoms with Gasteiger partial charge in [-0.25, -0.2) is 0 Å². The van der Waals surface area contributed by atoms with Crippen molar-refractivity contribution in [2.45, 2.75) is 32.9 Å². The Morgan fingerprint density at radius 1 is 1.41 bits per heavy atom. The average molecular weight is 256 g/mol.